The topological polar surface area (TPSA) is 119 Å². The van der Waals surface area contributed by atoms with Gasteiger partial charge in [0, 0.05) is 28.4 Å². The summed E-state index contributed by atoms with van der Waals surface area (Å²) in [4.78, 5) is 22.1. The van der Waals surface area contributed by atoms with Gasteiger partial charge in [0.1, 0.15) is 0 Å². The largest absolute Gasteiger partial charge is 0.298 e. The van der Waals surface area contributed by atoms with Crippen molar-refractivity contribution in [2.45, 2.75) is 26.8 Å². The van der Waals surface area contributed by atoms with E-state index >= 15 is 0 Å². The highest BCUT2D eigenvalue weighted by atomic mass is 32.2. The minimum Gasteiger partial charge on any atom is -0.298 e. The molecule has 0 unspecified atom stereocenters. The summed E-state index contributed by atoms with van der Waals surface area (Å²) in [5.74, 6) is -0.280. The molecule has 2 N–H and O–H groups in total. The van der Waals surface area contributed by atoms with Crippen LogP contribution >= 0.6 is 11.3 Å². The van der Waals surface area contributed by atoms with Gasteiger partial charge in [-0.2, -0.15) is 5.10 Å². The SMILES string of the molecule is Cc1cc(C(=O)Nc2nc(-c3ccc(NS(C)(=O)=O)cc3)cs2)c2cnn(C(C)C)c2n1. The molecule has 0 aliphatic carbocycles. The number of anilines is 2. The number of nitrogens with one attached hydrogen (secondary N) is 2. The third-order valence-electron chi connectivity index (χ3n) is 4.64. The highest BCUT2D eigenvalue weighted by Crippen LogP contribution is 2.27. The van der Waals surface area contributed by atoms with Crippen LogP contribution in [-0.4, -0.2) is 40.3 Å². The molecule has 4 rings (SSSR count). The van der Waals surface area contributed by atoms with Crippen molar-refractivity contribution in [3.63, 3.8) is 0 Å². The number of aryl methyl sites for hydroxylation is 1. The molecule has 3 aromatic heterocycles. The normalized spacial score (nSPS) is 11.8. The summed E-state index contributed by atoms with van der Waals surface area (Å²) in [7, 11) is -3.33. The first-order chi connectivity index (χ1) is 15.1. The Bertz CT molecular complexity index is 1410. The number of aromatic nitrogens is 4. The third-order valence-corrected chi connectivity index (χ3v) is 6.00. The van der Waals surface area contributed by atoms with Crippen LogP contribution in [0.4, 0.5) is 10.8 Å². The van der Waals surface area contributed by atoms with E-state index in [0.29, 0.717) is 33.1 Å². The van der Waals surface area contributed by atoms with E-state index < -0.39 is 10.0 Å². The van der Waals surface area contributed by atoms with E-state index in [-0.39, 0.29) is 11.9 Å². The summed E-state index contributed by atoms with van der Waals surface area (Å²) in [5.41, 5.74) is 3.85. The van der Waals surface area contributed by atoms with Gasteiger partial charge in [-0.25, -0.2) is 23.1 Å². The van der Waals surface area contributed by atoms with Crippen LogP contribution in [0.15, 0.2) is 41.9 Å². The maximum absolute atomic E-state index is 13.0. The second kappa shape index (κ2) is 8.32. The summed E-state index contributed by atoms with van der Waals surface area (Å²) in [6.45, 7) is 5.87. The predicted octanol–water partition coefficient (Wildman–Crippen LogP) is 4.07. The lowest BCUT2D eigenvalue weighted by atomic mass is 10.1. The van der Waals surface area contributed by atoms with Crippen LogP contribution in [0.25, 0.3) is 22.3 Å². The second-order valence-electron chi connectivity index (χ2n) is 7.67. The lowest BCUT2D eigenvalue weighted by Gasteiger charge is -2.08. The van der Waals surface area contributed by atoms with Crippen LogP contribution in [0, 0.1) is 6.92 Å². The molecule has 0 spiro atoms. The van der Waals surface area contributed by atoms with Gasteiger partial charge >= 0.3 is 0 Å². The Hall–Kier alpha value is -3.31. The zero-order valence-electron chi connectivity index (χ0n) is 17.9. The summed E-state index contributed by atoms with van der Waals surface area (Å²) in [6, 6.07) is 8.73. The molecule has 0 fully saturated rings. The quantitative estimate of drug-likeness (QED) is 0.438. The fourth-order valence-electron chi connectivity index (χ4n) is 3.26. The maximum atomic E-state index is 13.0. The number of hydrogen-bond donors (Lipinski definition) is 2. The van der Waals surface area contributed by atoms with Crippen LogP contribution in [0.2, 0.25) is 0 Å². The fraction of sp³-hybridized carbons (Fsp3) is 0.238. The van der Waals surface area contributed by atoms with Crippen molar-refractivity contribution < 1.29 is 13.2 Å². The first-order valence-electron chi connectivity index (χ1n) is 9.80. The number of sulfonamides is 1. The molecule has 3 heterocycles. The summed E-state index contributed by atoms with van der Waals surface area (Å²) in [6.07, 6.45) is 2.76. The van der Waals surface area contributed by atoms with Gasteiger partial charge in [0.15, 0.2) is 10.8 Å². The third kappa shape index (κ3) is 4.63. The molecule has 1 amide bonds. The Morgan fingerprint density at radius 3 is 2.53 bits per heavy atom. The van der Waals surface area contributed by atoms with Crippen molar-refractivity contribution in [3.05, 3.63) is 53.2 Å². The van der Waals surface area contributed by atoms with E-state index in [1.165, 1.54) is 11.3 Å². The maximum Gasteiger partial charge on any atom is 0.258 e. The van der Waals surface area contributed by atoms with Crippen molar-refractivity contribution in [2.75, 3.05) is 16.3 Å². The second-order valence-corrected chi connectivity index (χ2v) is 10.3. The molecule has 0 bridgehead atoms. The Kier molecular flexibility index (Phi) is 5.70. The number of nitrogens with zero attached hydrogens (tertiary/aromatic N) is 4. The van der Waals surface area contributed by atoms with E-state index in [9.17, 15) is 13.2 Å². The standard InChI is InChI=1S/C21H22N6O3S2/c1-12(2)27-19-17(10-22-27)16(9-13(3)23-19)20(28)25-21-24-18(11-31-21)14-5-7-15(8-6-14)26-32(4,29)30/h5-12,26H,1-4H3,(H,24,25,28). The van der Waals surface area contributed by atoms with Gasteiger partial charge in [-0.1, -0.05) is 12.1 Å². The number of carbonyl (C=O) groups is 1. The molecule has 11 heteroatoms. The highest BCUT2D eigenvalue weighted by molar-refractivity contribution is 7.92. The van der Waals surface area contributed by atoms with Crippen LogP contribution in [0.3, 0.4) is 0 Å². The van der Waals surface area contributed by atoms with Crippen molar-refractivity contribution in [3.8, 4) is 11.3 Å². The smallest absolute Gasteiger partial charge is 0.258 e. The van der Waals surface area contributed by atoms with Gasteiger partial charge in [-0.15, -0.1) is 11.3 Å². The Morgan fingerprint density at radius 2 is 1.88 bits per heavy atom. The predicted molar refractivity (Wildman–Crippen MR) is 127 cm³/mol. The van der Waals surface area contributed by atoms with E-state index in [2.05, 4.69) is 25.1 Å². The van der Waals surface area contributed by atoms with Gasteiger partial charge in [-0.05, 0) is 39.0 Å². The number of fused-ring (bicyclic) bond motifs is 1. The van der Waals surface area contributed by atoms with E-state index in [0.717, 1.165) is 17.5 Å². The first kappa shape index (κ1) is 21.9. The molecule has 1 aromatic carbocycles. The van der Waals surface area contributed by atoms with Gasteiger partial charge in [0.2, 0.25) is 10.0 Å². The lowest BCUT2D eigenvalue weighted by molar-refractivity contribution is 0.102. The van der Waals surface area contributed by atoms with Crippen molar-refractivity contribution in [1.82, 2.24) is 19.7 Å². The first-order valence-corrected chi connectivity index (χ1v) is 12.6. The van der Waals surface area contributed by atoms with Crippen molar-refractivity contribution in [1.29, 1.82) is 0 Å². The van der Waals surface area contributed by atoms with Crippen LogP contribution < -0.4 is 10.0 Å². The van der Waals surface area contributed by atoms with Crippen molar-refractivity contribution in [2.24, 2.45) is 0 Å². The number of hydrogen-bond acceptors (Lipinski definition) is 7. The molecule has 166 valence electrons. The van der Waals surface area contributed by atoms with E-state index in [1.807, 2.05) is 26.2 Å². The zero-order chi connectivity index (χ0) is 23.0. The molecule has 0 aliphatic heterocycles. The van der Waals surface area contributed by atoms with Gasteiger partial charge in [0.05, 0.1) is 29.1 Å². The molecule has 0 saturated heterocycles. The minimum absolute atomic E-state index is 0.123. The average Bonchev–Trinajstić information content (AvgIpc) is 3.33. The van der Waals surface area contributed by atoms with Crippen molar-refractivity contribution >= 4 is 49.1 Å². The van der Waals surface area contributed by atoms with Crippen LogP contribution in [-0.2, 0) is 10.0 Å². The highest BCUT2D eigenvalue weighted by Gasteiger charge is 2.18. The van der Waals surface area contributed by atoms with Gasteiger partial charge in [0.25, 0.3) is 5.91 Å². The molecule has 0 aliphatic rings. The Morgan fingerprint density at radius 1 is 1.16 bits per heavy atom. The molecule has 0 radical (unpaired) electrons. The van der Waals surface area contributed by atoms with Crippen LogP contribution in [0.1, 0.15) is 35.9 Å². The summed E-state index contributed by atoms with van der Waals surface area (Å²) in [5, 5.41) is 10.2. The zero-order valence-corrected chi connectivity index (χ0v) is 19.6. The summed E-state index contributed by atoms with van der Waals surface area (Å²) >= 11 is 1.31. The molecule has 0 atom stereocenters. The summed E-state index contributed by atoms with van der Waals surface area (Å²) < 4.78 is 26.9. The number of benzene rings is 1. The monoisotopic (exact) mass is 470 g/mol. The minimum atomic E-state index is -3.33. The lowest BCUT2D eigenvalue weighted by Crippen LogP contribution is -2.13. The van der Waals surface area contributed by atoms with E-state index in [4.69, 9.17) is 0 Å². The molecule has 32 heavy (non-hydrogen) atoms. The average molecular weight is 471 g/mol. The number of carbonyl (C=O) groups excluding carboxylic acids is 1. The number of pyridine rings is 1. The van der Waals surface area contributed by atoms with E-state index in [1.54, 1.807) is 41.2 Å². The molecular weight excluding hydrogens is 448 g/mol. The molecule has 4 aromatic rings. The van der Waals surface area contributed by atoms with Gasteiger partial charge < -0.3 is 0 Å². The molecular formula is C21H22N6O3S2. The Labute approximate surface area is 189 Å². The van der Waals surface area contributed by atoms with Gasteiger partial charge in [-0.3, -0.25) is 14.8 Å². The molecule has 0 saturated carbocycles. The Balaban J connectivity index is 1.56. The number of thiazole rings is 1. The number of amides is 1. The number of rotatable bonds is 6. The van der Waals surface area contributed by atoms with Crippen LogP contribution in [0.5, 0.6) is 0 Å². The fourth-order valence-corrected chi connectivity index (χ4v) is 4.54. The molecule has 9 nitrogen and oxygen atoms in total.